The van der Waals surface area contributed by atoms with E-state index in [-0.39, 0.29) is 0 Å². The maximum absolute atomic E-state index is 8.09. The summed E-state index contributed by atoms with van der Waals surface area (Å²) in [7, 11) is 0. The van der Waals surface area contributed by atoms with Crippen LogP contribution in [0.4, 0.5) is 0 Å². The number of allylic oxidation sites excluding steroid dienone is 1. The molecule has 1 N–H and O–H groups in total. The minimum absolute atomic E-state index is 0.539. The molecule has 0 bridgehead atoms. The molecule has 0 atom stereocenters. The predicted octanol–water partition coefficient (Wildman–Crippen LogP) is 0.870. The van der Waals surface area contributed by atoms with Crippen LogP contribution < -0.4 is 5.32 Å². The van der Waals surface area contributed by atoms with Gasteiger partial charge >= 0.3 is 0 Å². The number of aliphatic imine (C=N–C) groups is 1. The van der Waals surface area contributed by atoms with Crippen molar-refractivity contribution in [1.29, 1.82) is 5.26 Å². The minimum atomic E-state index is 0.539. The van der Waals surface area contributed by atoms with Crippen LogP contribution in [0, 0.1) is 11.3 Å². The van der Waals surface area contributed by atoms with E-state index in [2.05, 4.69) is 16.9 Å². The SMILES string of the molecule is C=CCNC=NC/C=C/C#N. The summed E-state index contributed by atoms with van der Waals surface area (Å²) in [4.78, 5) is 3.92. The lowest BCUT2D eigenvalue weighted by Gasteiger charge is -1.89. The first kappa shape index (κ1) is 9.44. The molecule has 0 aliphatic rings. The van der Waals surface area contributed by atoms with Gasteiger partial charge in [0, 0.05) is 12.6 Å². The van der Waals surface area contributed by atoms with Crippen LogP contribution >= 0.6 is 0 Å². The lowest BCUT2D eigenvalue weighted by Crippen LogP contribution is -2.09. The fourth-order valence-electron chi connectivity index (χ4n) is 0.420. The van der Waals surface area contributed by atoms with Crippen molar-refractivity contribution >= 4 is 6.34 Å². The average Bonchev–Trinajstić information content (AvgIpc) is 2.03. The number of hydrogen-bond acceptors (Lipinski definition) is 2. The molecule has 0 aromatic carbocycles. The Morgan fingerprint density at radius 1 is 1.64 bits per heavy atom. The van der Waals surface area contributed by atoms with Crippen molar-refractivity contribution in [2.45, 2.75) is 0 Å². The number of hydrogen-bond donors (Lipinski definition) is 1. The Hall–Kier alpha value is -1.56. The molecule has 0 unspecified atom stereocenters. The van der Waals surface area contributed by atoms with Crippen LogP contribution in [0.2, 0.25) is 0 Å². The molecule has 0 heterocycles. The summed E-state index contributed by atoms with van der Waals surface area (Å²) in [6.45, 7) is 4.78. The van der Waals surface area contributed by atoms with Crippen LogP contribution in [0.1, 0.15) is 0 Å². The standard InChI is InChI=1S/C8H11N3/c1-2-6-10-8-11-7-4-3-5-9/h2-4,8H,1,6-7H2,(H,10,11)/b4-3+. The smallest absolute Gasteiger partial charge is 0.0909 e. The van der Waals surface area contributed by atoms with E-state index < -0.39 is 0 Å². The monoisotopic (exact) mass is 149 g/mol. The van der Waals surface area contributed by atoms with Crippen molar-refractivity contribution < 1.29 is 0 Å². The molecule has 0 saturated heterocycles. The molecular formula is C8H11N3. The second-order valence-electron chi connectivity index (χ2n) is 1.72. The Bertz CT molecular complexity index is 186. The lowest BCUT2D eigenvalue weighted by atomic mass is 10.5. The van der Waals surface area contributed by atoms with Crippen LogP contribution in [0.5, 0.6) is 0 Å². The van der Waals surface area contributed by atoms with Gasteiger partial charge in [-0.2, -0.15) is 5.26 Å². The first-order chi connectivity index (χ1) is 5.41. The predicted molar refractivity (Wildman–Crippen MR) is 46.3 cm³/mol. The van der Waals surface area contributed by atoms with Gasteiger partial charge in [0.2, 0.25) is 0 Å². The van der Waals surface area contributed by atoms with Gasteiger partial charge in [0.05, 0.1) is 19.0 Å². The van der Waals surface area contributed by atoms with Crippen molar-refractivity contribution in [3.05, 3.63) is 24.8 Å². The van der Waals surface area contributed by atoms with Crippen LogP contribution in [0.3, 0.4) is 0 Å². The molecular weight excluding hydrogens is 138 g/mol. The highest BCUT2D eigenvalue weighted by Gasteiger charge is 1.70. The Labute approximate surface area is 66.8 Å². The van der Waals surface area contributed by atoms with E-state index >= 15 is 0 Å². The van der Waals surface area contributed by atoms with Gasteiger partial charge < -0.3 is 5.32 Å². The number of nitrogens with zero attached hydrogens (tertiary/aromatic N) is 2. The van der Waals surface area contributed by atoms with E-state index in [0.29, 0.717) is 13.1 Å². The van der Waals surface area contributed by atoms with Gasteiger partial charge in [-0.15, -0.1) is 6.58 Å². The summed E-state index contributed by atoms with van der Waals surface area (Å²) in [5, 5.41) is 11.0. The lowest BCUT2D eigenvalue weighted by molar-refractivity contribution is 1.05. The highest BCUT2D eigenvalue weighted by Crippen LogP contribution is 1.71. The average molecular weight is 149 g/mol. The fourth-order valence-corrected chi connectivity index (χ4v) is 0.420. The van der Waals surface area contributed by atoms with Crippen LogP contribution in [0.15, 0.2) is 29.8 Å². The van der Waals surface area contributed by atoms with Gasteiger partial charge in [0.15, 0.2) is 0 Å². The molecule has 0 radical (unpaired) electrons. The molecule has 0 aliphatic heterocycles. The largest absolute Gasteiger partial charge is 0.373 e. The topological polar surface area (TPSA) is 48.2 Å². The summed E-state index contributed by atoms with van der Waals surface area (Å²) in [5.74, 6) is 0. The van der Waals surface area contributed by atoms with E-state index in [9.17, 15) is 0 Å². The maximum Gasteiger partial charge on any atom is 0.0909 e. The molecule has 0 aromatic heterocycles. The van der Waals surface area contributed by atoms with Gasteiger partial charge in [-0.25, -0.2) is 0 Å². The van der Waals surface area contributed by atoms with E-state index in [1.54, 1.807) is 18.5 Å². The molecule has 0 aliphatic carbocycles. The Morgan fingerprint density at radius 2 is 2.45 bits per heavy atom. The highest BCUT2D eigenvalue weighted by molar-refractivity contribution is 5.54. The van der Waals surface area contributed by atoms with Crippen LogP contribution in [-0.4, -0.2) is 19.4 Å². The second-order valence-corrected chi connectivity index (χ2v) is 1.72. The van der Waals surface area contributed by atoms with E-state index in [1.807, 2.05) is 6.07 Å². The number of nitrogens with one attached hydrogen (secondary N) is 1. The molecule has 3 nitrogen and oxygen atoms in total. The molecule has 0 spiro atoms. The molecule has 11 heavy (non-hydrogen) atoms. The quantitative estimate of drug-likeness (QED) is 0.207. The van der Waals surface area contributed by atoms with E-state index in [0.717, 1.165) is 0 Å². The zero-order valence-corrected chi connectivity index (χ0v) is 6.33. The third-order valence-corrected chi connectivity index (χ3v) is 0.848. The maximum atomic E-state index is 8.09. The van der Waals surface area contributed by atoms with Crippen molar-refractivity contribution in [3.8, 4) is 6.07 Å². The van der Waals surface area contributed by atoms with Gasteiger partial charge in [-0.3, -0.25) is 4.99 Å². The molecule has 0 rings (SSSR count). The Balaban J connectivity index is 3.24. The van der Waals surface area contributed by atoms with Gasteiger partial charge in [-0.1, -0.05) is 12.2 Å². The van der Waals surface area contributed by atoms with Crippen molar-refractivity contribution in [1.82, 2.24) is 5.32 Å². The van der Waals surface area contributed by atoms with Crippen LogP contribution in [0.25, 0.3) is 0 Å². The minimum Gasteiger partial charge on any atom is -0.373 e. The van der Waals surface area contributed by atoms with Crippen molar-refractivity contribution in [2.24, 2.45) is 4.99 Å². The first-order valence-electron chi connectivity index (χ1n) is 3.29. The molecule has 0 saturated carbocycles. The third kappa shape index (κ3) is 8.44. The normalized spacial score (nSPS) is 10.1. The Kier molecular flexibility index (Phi) is 7.24. The first-order valence-corrected chi connectivity index (χ1v) is 3.29. The van der Waals surface area contributed by atoms with E-state index in [1.165, 1.54) is 6.08 Å². The van der Waals surface area contributed by atoms with Gasteiger partial charge in [0.25, 0.3) is 0 Å². The van der Waals surface area contributed by atoms with E-state index in [4.69, 9.17) is 5.26 Å². The number of nitriles is 1. The summed E-state index contributed by atoms with van der Waals surface area (Å²) < 4.78 is 0. The van der Waals surface area contributed by atoms with Crippen molar-refractivity contribution in [3.63, 3.8) is 0 Å². The molecule has 58 valence electrons. The molecule has 0 fully saturated rings. The summed E-state index contributed by atoms with van der Waals surface area (Å²) in [6, 6.07) is 1.88. The van der Waals surface area contributed by atoms with Gasteiger partial charge in [-0.05, 0) is 0 Å². The zero-order valence-electron chi connectivity index (χ0n) is 6.33. The molecule has 0 amide bonds. The second kappa shape index (κ2) is 8.44. The van der Waals surface area contributed by atoms with Gasteiger partial charge in [0.1, 0.15) is 0 Å². The number of rotatable bonds is 5. The highest BCUT2D eigenvalue weighted by atomic mass is 14.9. The summed E-state index contributed by atoms with van der Waals surface area (Å²) in [6.07, 6.45) is 6.44. The fraction of sp³-hybridized carbons (Fsp3) is 0.250. The molecule has 3 heteroatoms. The zero-order chi connectivity index (χ0) is 8.36. The Morgan fingerprint density at radius 3 is 3.09 bits per heavy atom. The summed E-state index contributed by atoms with van der Waals surface area (Å²) in [5.41, 5.74) is 0. The van der Waals surface area contributed by atoms with Crippen LogP contribution in [-0.2, 0) is 0 Å². The summed E-state index contributed by atoms with van der Waals surface area (Å²) >= 11 is 0. The van der Waals surface area contributed by atoms with Crippen molar-refractivity contribution in [2.75, 3.05) is 13.1 Å². The molecule has 0 aromatic rings. The third-order valence-electron chi connectivity index (χ3n) is 0.848.